The zero-order valence-electron chi connectivity index (χ0n) is 7.29. The number of hydrogen-bond donors (Lipinski definition) is 2. The number of aliphatic carboxylic acids is 1. The van der Waals surface area contributed by atoms with Gasteiger partial charge in [-0.05, 0) is 12.1 Å². The molecular weight excluding hydrogens is 220 g/mol. The second kappa shape index (κ2) is 5.90. The molecule has 1 heterocycles. The first-order chi connectivity index (χ1) is 6.70. The van der Waals surface area contributed by atoms with E-state index >= 15 is 0 Å². The molecule has 76 valence electrons. The van der Waals surface area contributed by atoms with Crippen molar-refractivity contribution in [2.45, 2.75) is 10.9 Å². The summed E-state index contributed by atoms with van der Waals surface area (Å²) < 4.78 is 0. The van der Waals surface area contributed by atoms with E-state index in [1.165, 1.54) is 21.6 Å². The maximum absolute atomic E-state index is 10.4. The summed E-state index contributed by atoms with van der Waals surface area (Å²) in [6.07, 6.45) is 3.39. The lowest BCUT2D eigenvalue weighted by Gasteiger charge is -2.04. The Labute approximate surface area is 89.7 Å². The van der Waals surface area contributed by atoms with Crippen molar-refractivity contribution in [2.24, 2.45) is 5.73 Å². The highest BCUT2D eigenvalue weighted by Crippen LogP contribution is 2.30. The van der Waals surface area contributed by atoms with Crippen LogP contribution in [0.4, 0.5) is 0 Å². The van der Waals surface area contributed by atoms with Crippen molar-refractivity contribution in [2.75, 3.05) is 5.75 Å². The Morgan fingerprint density at radius 1 is 1.57 bits per heavy atom. The van der Waals surface area contributed by atoms with Gasteiger partial charge in [0.1, 0.15) is 6.04 Å². The Morgan fingerprint density at radius 3 is 2.79 bits per heavy atom. The van der Waals surface area contributed by atoms with E-state index in [1.807, 2.05) is 12.1 Å². The topological polar surface area (TPSA) is 76.2 Å². The van der Waals surface area contributed by atoms with Crippen LogP contribution < -0.4 is 5.73 Å². The summed E-state index contributed by atoms with van der Waals surface area (Å²) in [6, 6.07) is 2.93. The molecule has 0 aromatic carbocycles. The molecule has 0 aliphatic rings. The predicted octanol–water partition coefficient (Wildman–Crippen LogP) is 1.23. The average molecular weight is 230 g/mol. The molecule has 0 radical (unpaired) electrons. The monoisotopic (exact) mass is 230 g/mol. The summed E-state index contributed by atoms with van der Waals surface area (Å²) in [5, 5.41) is 8.52. The fourth-order valence-electron chi connectivity index (χ4n) is 0.640. The van der Waals surface area contributed by atoms with Crippen molar-refractivity contribution < 1.29 is 9.90 Å². The molecule has 0 amide bonds. The smallest absolute Gasteiger partial charge is 0.321 e. The van der Waals surface area contributed by atoms with E-state index in [-0.39, 0.29) is 0 Å². The van der Waals surface area contributed by atoms with Gasteiger partial charge in [-0.1, -0.05) is 21.6 Å². The Bertz CT molecular complexity index is 295. The van der Waals surface area contributed by atoms with Crippen LogP contribution in [0.5, 0.6) is 0 Å². The number of rotatable bonds is 5. The van der Waals surface area contributed by atoms with Crippen LogP contribution in [0.3, 0.4) is 0 Å². The molecule has 4 nitrogen and oxygen atoms in total. The minimum atomic E-state index is -0.965. The molecule has 1 atom stereocenters. The van der Waals surface area contributed by atoms with Gasteiger partial charge in [-0.2, -0.15) is 0 Å². The fraction of sp³-hybridized carbons (Fsp3) is 0.250. The van der Waals surface area contributed by atoms with Crippen LogP contribution in [0.25, 0.3) is 0 Å². The van der Waals surface area contributed by atoms with Crippen LogP contribution in [-0.4, -0.2) is 27.9 Å². The van der Waals surface area contributed by atoms with Gasteiger partial charge in [0.05, 0.1) is 0 Å². The molecule has 1 aromatic heterocycles. The Kier molecular flexibility index (Phi) is 4.78. The van der Waals surface area contributed by atoms with E-state index in [2.05, 4.69) is 4.98 Å². The number of carbonyl (C=O) groups is 1. The first-order valence-electron chi connectivity index (χ1n) is 3.88. The van der Waals surface area contributed by atoms with E-state index in [1.54, 1.807) is 12.4 Å². The molecule has 6 heteroatoms. The van der Waals surface area contributed by atoms with Crippen LogP contribution in [0.15, 0.2) is 29.4 Å². The first kappa shape index (κ1) is 11.4. The van der Waals surface area contributed by atoms with Crippen LogP contribution in [0.2, 0.25) is 0 Å². The number of nitrogens with zero attached hydrogens (tertiary/aromatic N) is 1. The van der Waals surface area contributed by atoms with Gasteiger partial charge in [0.25, 0.3) is 0 Å². The summed E-state index contributed by atoms with van der Waals surface area (Å²) in [7, 11) is 2.93. The third kappa shape index (κ3) is 3.99. The minimum Gasteiger partial charge on any atom is -0.480 e. The average Bonchev–Trinajstić information content (AvgIpc) is 2.19. The lowest BCUT2D eigenvalue weighted by atomic mass is 10.4. The Hall–Kier alpha value is -0.720. The Balaban J connectivity index is 2.26. The van der Waals surface area contributed by atoms with Gasteiger partial charge in [-0.3, -0.25) is 9.78 Å². The van der Waals surface area contributed by atoms with Gasteiger partial charge in [0.15, 0.2) is 0 Å². The van der Waals surface area contributed by atoms with Crippen molar-refractivity contribution in [1.82, 2.24) is 4.98 Å². The fourth-order valence-corrected chi connectivity index (χ4v) is 2.75. The number of pyridine rings is 1. The van der Waals surface area contributed by atoms with Crippen LogP contribution in [-0.2, 0) is 4.79 Å². The number of aromatic nitrogens is 1. The van der Waals surface area contributed by atoms with Crippen molar-refractivity contribution in [1.29, 1.82) is 0 Å². The van der Waals surface area contributed by atoms with E-state index in [0.717, 1.165) is 4.90 Å². The minimum absolute atomic E-state index is 0.391. The molecule has 1 aromatic rings. The van der Waals surface area contributed by atoms with Crippen LogP contribution in [0, 0.1) is 0 Å². The number of nitrogens with two attached hydrogens (primary N) is 1. The second-order valence-electron chi connectivity index (χ2n) is 2.50. The standard InChI is InChI=1S/C8H10N2O2S2/c9-7(8(11)12)5-13-14-6-1-3-10-4-2-6/h1-4,7H,5,9H2,(H,11,12)/t7-/m0/s1. The van der Waals surface area contributed by atoms with E-state index in [4.69, 9.17) is 10.8 Å². The van der Waals surface area contributed by atoms with Gasteiger partial charge in [-0.15, -0.1) is 0 Å². The maximum Gasteiger partial charge on any atom is 0.321 e. The zero-order valence-corrected chi connectivity index (χ0v) is 8.92. The van der Waals surface area contributed by atoms with Gasteiger partial charge in [-0.25, -0.2) is 0 Å². The molecule has 0 spiro atoms. The van der Waals surface area contributed by atoms with Crippen molar-refractivity contribution in [3.05, 3.63) is 24.5 Å². The maximum atomic E-state index is 10.4. The normalized spacial score (nSPS) is 12.4. The molecule has 0 fully saturated rings. The third-order valence-corrected chi connectivity index (χ3v) is 3.79. The SMILES string of the molecule is N[C@@H](CSSc1ccncc1)C(=O)O. The number of carboxylic acid groups (broad SMARTS) is 1. The largest absolute Gasteiger partial charge is 0.480 e. The van der Waals surface area contributed by atoms with E-state index in [0.29, 0.717) is 5.75 Å². The van der Waals surface area contributed by atoms with Crippen LogP contribution in [0.1, 0.15) is 0 Å². The molecule has 14 heavy (non-hydrogen) atoms. The molecule has 1 rings (SSSR count). The summed E-state index contributed by atoms with van der Waals surface area (Å²) in [6.45, 7) is 0. The summed E-state index contributed by atoms with van der Waals surface area (Å²) in [5.41, 5.74) is 5.33. The predicted molar refractivity (Wildman–Crippen MR) is 58.2 cm³/mol. The van der Waals surface area contributed by atoms with Gasteiger partial charge in [0, 0.05) is 23.0 Å². The van der Waals surface area contributed by atoms with E-state index in [9.17, 15) is 4.79 Å². The summed E-state index contributed by atoms with van der Waals surface area (Å²) >= 11 is 0. The molecule has 0 saturated carbocycles. The summed E-state index contributed by atoms with van der Waals surface area (Å²) in [4.78, 5) is 15.3. The van der Waals surface area contributed by atoms with Crippen LogP contribution >= 0.6 is 21.6 Å². The van der Waals surface area contributed by atoms with Gasteiger partial charge >= 0.3 is 5.97 Å². The van der Waals surface area contributed by atoms with Gasteiger partial charge in [0.2, 0.25) is 0 Å². The highest BCUT2D eigenvalue weighted by atomic mass is 33.1. The van der Waals surface area contributed by atoms with Crippen molar-refractivity contribution in [3.8, 4) is 0 Å². The number of carboxylic acids is 1. The molecular formula is C8H10N2O2S2. The first-order valence-corrected chi connectivity index (χ1v) is 6.20. The third-order valence-electron chi connectivity index (χ3n) is 1.37. The lowest BCUT2D eigenvalue weighted by molar-refractivity contribution is -0.137. The highest BCUT2D eigenvalue weighted by molar-refractivity contribution is 8.76. The number of hydrogen-bond acceptors (Lipinski definition) is 5. The quantitative estimate of drug-likeness (QED) is 0.741. The molecule has 0 unspecified atom stereocenters. The molecule has 0 saturated heterocycles. The van der Waals surface area contributed by atoms with E-state index < -0.39 is 12.0 Å². The van der Waals surface area contributed by atoms with Crippen molar-refractivity contribution >= 4 is 27.6 Å². The highest BCUT2D eigenvalue weighted by Gasteiger charge is 2.10. The lowest BCUT2D eigenvalue weighted by Crippen LogP contribution is -2.32. The van der Waals surface area contributed by atoms with Crippen molar-refractivity contribution in [3.63, 3.8) is 0 Å². The molecule has 0 bridgehead atoms. The second-order valence-corrected chi connectivity index (χ2v) is 4.91. The molecule has 0 aliphatic carbocycles. The molecule has 3 N–H and O–H groups in total. The summed E-state index contributed by atoms with van der Waals surface area (Å²) in [5.74, 6) is -0.574. The van der Waals surface area contributed by atoms with Gasteiger partial charge < -0.3 is 10.8 Å². The Morgan fingerprint density at radius 2 is 2.21 bits per heavy atom. The molecule has 0 aliphatic heterocycles. The zero-order chi connectivity index (χ0) is 10.4.